The SMILES string of the molecule is CC/C=C\C/C=C\C/C=C\C/C=C\C/C=C\C/C=C\CCC(=O)OC(COCCCCCCCCCCCCCCCC)COC(=O)CC(C[N+](C)(C)C)OC(C)=O.CCCCCCCCCCCCCCCCOCC(O)COC(=O)CC(C)C[N+](C)(C)C. The van der Waals surface area contributed by atoms with Crippen LogP contribution >= 0.6 is 0 Å². The number of rotatable bonds is 62. The van der Waals surface area contributed by atoms with Crippen molar-refractivity contribution in [3.05, 3.63) is 72.9 Å². The van der Waals surface area contributed by atoms with E-state index in [0.29, 0.717) is 37.1 Å². The lowest BCUT2D eigenvalue weighted by Crippen LogP contribution is -2.44. The third-order valence-electron chi connectivity index (χ3n) is 15.0. The van der Waals surface area contributed by atoms with Crippen LogP contribution in [0.1, 0.15) is 279 Å². The molecule has 0 amide bonds. The minimum atomic E-state index is -0.737. The lowest BCUT2D eigenvalue weighted by molar-refractivity contribution is -0.873. The van der Waals surface area contributed by atoms with E-state index in [1.807, 2.05) is 27.2 Å². The van der Waals surface area contributed by atoms with Crippen molar-refractivity contribution < 1.29 is 61.7 Å². The van der Waals surface area contributed by atoms with E-state index >= 15 is 0 Å². The third-order valence-corrected chi connectivity index (χ3v) is 15.0. The topological polar surface area (TPSA) is 144 Å². The number of likely N-dealkylation sites (N-methyl/N-ethyl adjacent to an activating group) is 1. The molecule has 1 N–H and O–H groups in total. The van der Waals surface area contributed by atoms with Gasteiger partial charge in [-0.15, -0.1) is 0 Å². The van der Waals surface area contributed by atoms with Crippen LogP contribution in [0.15, 0.2) is 72.9 Å². The maximum absolute atomic E-state index is 12.8. The monoisotopic (exact) mass is 1270 g/mol. The Balaban J connectivity index is 0. The molecule has 0 aliphatic rings. The molecule has 13 nitrogen and oxygen atoms in total. The van der Waals surface area contributed by atoms with Gasteiger partial charge < -0.3 is 42.5 Å². The van der Waals surface area contributed by atoms with Crippen molar-refractivity contribution >= 4 is 23.9 Å². The number of carbonyl (C=O) groups excluding carboxylic acids is 4. The van der Waals surface area contributed by atoms with Gasteiger partial charge in [-0.1, -0.05) is 268 Å². The molecule has 0 aromatic carbocycles. The Hall–Kier alpha value is -3.88. The van der Waals surface area contributed by atoms with E-state index in [4.69, 9.17) is 28.4 Å². The molecule has 524 valence electrons. The summed E-state index contributed by atoms with van der Waals surface area (Å²) in [5, 5.41) is 9.93. The van der Waals surface area contributed by atoms with Gasteiger partial charge in [0.15, 0.2) is 12.2 Å². The van der Waals surface area contributed by atoms with Crippen LogP contribution in [0.5, 0.6) is 0 Å². The van der Waals surface area contributed by atoms with Crippen LogP contribution in [0.2, 0.25) is 0 Å². The highest BCUT2D eigenvalue weighted by molar-refractivity contribution is 5.72. The largest absolute Gasteiger partial charge is 0.463 e. The molecule has 4 unspecified atom stereocenters. The molecule has 0 radical (unpaired) electrons. The van der Waals surface area contributed by atoms with Crippen molar-refractivity contribution in [2.45, 2.75) is 297 Å². The highest BCUT2D eigenvalue weighted by Gasteiger charge is 2.26. The molecule has 0 fully saturated rings. The third kappa shape index (κ3) is 73.2. The summed E-state index contributed by atoms with van der Waals surface area (Å²) in [6.45, 7) is 13.0. The van der Waals surface area contributed by atoms with Crippen molar-refractivity contribution in [1.29, 1.82) is 0 Å². The highest BCUT2D eigenvalue weighted by Crippen LogP contribution is 2.16. The Morgan fingerprint density at radius 2 is 0.744 bits per heavy atom. The number of hydrogen-bond donors (Lipinski definition) is 1. The van der Waals surface area contributed by atoms with Gasteiger partial charge >= 0.3 is 23.9 Å². The van der Waals surface area contributed by atoms with Gasteiger partial charge in [-0.2, -0.15) is 0 Å². The number of quaternary nitrogens is 2. The molecule has 0 saturated carbocycles. The molecule has 13 heteroatoms. The number of carbonyl (C=O) groups is 4. The lowest BCUT2D eigenvalue weighted by Gasteiger charge is -2.28. The van der Waals surface area contributed by atoms with E-state index in [0.717, 1.165) is 68.8 Å². The molecule has 0 heterocycles. The number of unbranched alkanes of at least 4 members (excludes halogenated alkanes) is 26. The number of esters is 4. The Morgan fingerprint density at radius 3 is 1.13 bits per heavy atom. The van der Waals surface area contributed by atoms with Crippen LogP contribution in [0.3, 0.4) is 0 Å². The number of nitrogens with zero attached hydrogens (tertiary/aromatic N) is 2. The summed E-state index contributed by atoms with van der Waals surface area (Å²) in [6, 6.07) is 0. The summed E-state index contributed by atoms with van der Waals surface area (Å²) < 4.78 is 34.6. The average Bonchev–Trinajstić information content (AvgIpc) is 3.28. The quantitative estimate of drug-likeness (QED) is 0.0204. The zero-order valence-corrected chi connectivity index (χ0v) is 60.2. The van der Waals surface area contributed by atoms with Gasteiger partial charge in [-0.3, -0.25) is 19.2 Å². The van der Waals surface area contributed by atoms with Gasteiger partial charge in [0, 0.05) is 32.5 Å². The standard InChI is InChI=1S/C50H86NO7.C27H56NO4/c1-7-9-11-13-15-17-19-21-23-24-25-26-27-28-30-32-34-36-38-40-49(53)58-48(45-56-50(54)42-47(57-46(3)52)43-51(4,5)6)44-55-41-39-37-35-33-31-29-22-20-18-16-14-12-10-8-2;1-6-7-8-9-10-11-12-13-14-15-16-17-18-19-20-31-23-26(29)24-32-27(30)21-25(2)22-28(3,4)5/h9,11,15,17,21,23,25-26,28,30,34,36,47-48H,7-8,10,12-14,16,18-20,22,24,27,29,31-33,35,37-45H2,1-6H3;25-26,29H,6-24H2,1-5H3/q2*+1/b11-9-,17-15-,23-21-,26-25-,30-28-,36-34-;. The Labute approximate surface area is 553 Å². The molecule has 0 rings (SSSR count). The van der Waals surface area contributed by atoms with E-state index in [-0.39, 0.29) is 57.1 Å². The number of aliphatic hydroxyl groups excluding tert-OH is 1. The highest BCUT2D eigenvalue weighted by atomic mass is 16.6. The molecule has 0 aliphatic carbocycles. The van der Waals surface area contributed by atoms with Gasteiger partial charge in [-0.25, -0.2) is 0 Å². The summed E-state index contributed by atoms with van der Waals surface area (Å²) in [5.74, 6) is -1.29. The fourth-order valence-corrected chi connectivity index (χ4v) is 10.4. The first kappa shape index (κ1) is 88.2. The molecule has 4 atom stereocenters. The van der Waals surface area contributed by atoms with Gasteiger partial charge in [0.2, 0.25) is 0 Å². The molecule has 90 heavy (non-hydrogen) atoms. The number of allylic oxidation sites excluding steroid dienone is 12. The first-order valence-corrected chi connectivity index (χ1v) is 36.3. The summed E-state index contributed by atoms with van der Waals surface area (Å²) in [4.78, 5) is 49.1. The van der Waals surface area contributed by atoms with E-state index in [2.05, 4.69) is 116 Å². The van der Waals surface area contributed by atoms with Gasteiger partial charge in [0.25, 0.3) is 0 Å². The Kier molecular flexibility index (Phi) is 63.9. The van der Waals surface area contributed by atoms with E-state index in [9.17, 15) is 24.3 Å². The van der Waals surface area contributed by atoms with Crippen LogP contribution in [-0.4, -0.2) is 151 Å². The van der Waals surface area contributed by atoms with Crippen molar-refractivity contribution in [1.82, 2.24) is 0 Å². The fraction of sp³-hybridized carbons (Fsp3) is 0.792. The maximum atomic E-state index is 12.8. The van der Waals surface area contributed by atoms with Crippen LogP contribution < -0.4 is 0 Å². The van der Waals surface area contributed by atoms with Crippen LogP contribution in [0.4, 0.5) is 0 Å². The predicted octanol–water partition coefficient (Wildman–Crippen LogP) is 18.6. The summed E-state index contributed by atoms with van der Waals surface area (Å²) in [7, 11) is 12.2. The minimum Gasteiger partial charge on any atom is -0.463 e. The first-order valence-electron chi connectivity index (χ1n) is 36.3. The molecule has 0 bridgehead atoms. The first-order chi connectivity index (χ1) is 43.3. The number of aliphatic hydroxyl groups is 1. The van der Waals surface area contributed by atoms with Gasteiger partial charge in [0.05, 0.1) is 74.9 Å². The second-order valence-electron chi connectivity index (χ2n) is 27.1. The van der Waals surface area contributed by atoms with Crippen molar-refractivity contribution in [3.8, 4) is 0 Å². The predicted molar refractivity (Wildman–Crippen MR) is 377 cm³/mol. The van der Waals surface area contributed by atoms with Crippen molar-refractivity contribution in [2.24, 2.45) is 5.92 Å². The maximum Gasteiger partial charge on any atom is 0.309 e. The summed E-state index contributed by atoms with van der Waals surface area (Å²) in [6.07, 6.45) is 67.5. The Bertz CT molecular complexity index is 1830. The second kappa shape index (κ2) is 65.2. The zero-order valence-electron chi connectivity index (χ0n) is 60.2. The van der Waals surface area contributed by atoms with Gasteiger partial charge in [0.1, 0.15) is 25.9 Å². The van der Waals surface area contributed by atoms with Crippen LogP contribution in [0, 0.1) is 5.92 Å². The number of ether oxygens (including phenoxy) is 6. The number of hydrogen-bond acceptors (Lipinski definition) is 11. The summed E-state index contributed by atoms with van der Waals surface area (Å²) in [5.41, 5.74) is 0. The molecule has 0 spiro atoms. The normalized spacial score (nSPS) is 13.6. The molecule has 0 aromatic heterocycles. The van der Waals surface area contributed by atoms with Crippen LogP contribution in [-0.2, 0) is 47.6 Å². The molecule has 0 aliphatic heterocycles. The smallest absolute Gasteiger partial charge is 0.309 e. The Morgan fingerprint density at radius 1 is 0.389 bits per heavy atom. The second-order valence-corrected chi connectivity index (χ2v) is 27.1. The van der Waals surface area contributed by atoms with Gasteiger partial charge in [-0.05, 0) is 57.8 Å². The lowest BCUT2D eigenvalue weighted by atomic mass is 10.0. The van der Waals surface area contributed by atoms with Crippen molar-refractivity contribution in [3.63, 3.8) is 0 Å². The molecule has 0 aromatic rings. The molecular formula is C77H142N2O11+2. The summed E-state index contributed by atoms with van der Waals surface area (Å²) >= 11 is 0. The fourth-order valence-electron chi connectivity index (χ4n) is 10.4. The van der Waals surface area contributed by atoms with E-state index in [1.165, 1.54) is 167 Å². The zero-order chi connectivity index (χ0) is 66.9. The van der Waals surface area contributed by atoms with Crippen molar-refractivity contribution in [2.75, 3.05) is 95.0 Å². The average molecular weight is 1270 g/mol. The minimum absolute atomic E-state index is 0.0225. The van der Waals surface area contributed by atoms with E-state index < -0.39 is 30.3 Å². The van der Waals surface area contributed by atoms with Crippen LogP contribution in [0.25, 0.3) is 0 Å². The van der Waals surface area contributed by atoms with E-state index in [1.54, 1.807) is 0 Å². The molecule has 0 saturated heterocycles. The molecular weight excluding hydrogens is 1130 g/mol.